The molecule has 1 fully saturated rings. The molecule has 0 aliphatic carbocycles. The lowest BCUT2D eigenvalue weighted by atomic mass is 10.3. The van der Waals surface area contributed by atoms with Crippen LogP contribution in [0.4, 0.5) is 0 Å². The summed E-state index contributed by atoms with van der Waals surface area (Å²) in [6.45, 7) is 0.359. The monoisotopic (exact) mass is 302 g/mol. The maximum absolute atomic E-state index is 12.3. The summed E-state index contributed by atoms with van der Waals surface area (Å²) in [4.78, 5) is 27.2. The summed E-state index contributed by atoms with van der Waals surface area (Å²) < 4.78 is 23.4. The Balaban J connectivity index is 2.33. The molecule has 2 heterocycles. The van der Waals surface area contributed by atoms with Crippen LogP contribution in [0.2, 0.25) is 0 Å². The van der Waals surface area contributed by atoms with Crippen LogP contribution < -0.4 is 5.56 Å². The molecule has 8 heteroatoms. The van der Waals surface area contributed by atoms with E-state index in [2.05, 4.69) is 4.98 Å². The number of H-pyrrole nitrogens is 1. The summed E-state index contributed by atoms with van der Waals surface area (Å²) in [6, 6.07) is 4.25. The van der Waals surface area contributed by atoms with Crippen LogP contribution in [0.3, 0.4) is 0 Å². The van der Waals surface area contributed by atoms with E-state index in [0.29, 0.717) is 18.1 Å². The van der Waals surface area contributed by atoms with Gasteiger partial charge in [-0.25, -0.2) is 8.42 Å². The van der Waals surface area contributed by atoms with Crippen molar-refractivity contribution < 1.29 is 13.2 Å². The van der Waals surface area contributed by atoms with Gasteiger partial charge in [-0.05, 0) is 6.07 Å². The lowest BCUT2D eigenvalue weighted by Gasteiger charge is -2.33. The molecule has 1 amide bonds. The number of carbonyl (C=O) groups is 1. The van der Waals surface area contributed by atoms with Crippen molar-refractivity contribution in [3.8, 4) is 0 Å². The van der Waals surface area contributed by atoms with Crippen molar-refractivity contribution in [2.75, 3.05) is 24.3 Å². The van der Waals surface area contributed by atoms with Crippen LogP contribution in [-0.2, 0) is 9.84 Å². The molecule has 1 aromatic rings. The normalized spacial score (nSPS) is 20.3. The van der Waals surface area contributed by atoms with Gasteiger partial charge in [-0.2, -0.15) is 11.8 Å². The van der Waals surface area contributed by atoms with Gasteiger partial charge in [0.05, 0.1) is 0 Å². The highest BCUT2D eigenvalue weighted by molar-refractivity contribution is 8.00. The Hall–Kier alpha value is -1.28. The number of hydrogen-bond acceptors (Lipinski definition) is 5. The van der Waals surface area contributed by atoms with Crippen LogP contribution in [0.5, 0.6) is 0 Å². The van der Waals surface area contributed by atoms with E-state index >= 15 is 0 Å². The largest absolute Gasteiger partial charge is 0.319 e. The highest BCUT2D eigenvalue weighted by Gasteiger charge is 2.34. The van der Waals surface area contributed by atoms with E-state index in [1.165, 1.54) is 34.9 Å². The van der Waals surface area contributed by atoms with Crippen molar-refractivity contribution in [3.63, 3.8) is 0 Å². The Bertz CT molecular complexity index is 638. The minimum atomic E-state index is -3.35. The summed E-state index contributed by atoms with van der Waals surface area (Å²) in [5.41, 5.74) is -0.263. The minimum Gasteiger partial charge on any atom is -0.319 e. The lowest BCUT2D eigenvalue weighted by Crippen LogP contribution is -2.50. The molecule has 1 saturated heterocycles. The van der Waals surface area contributed by atoms with E-state index in [1.54, 1.807) is 0 Å². The molecule has 1 unspecified atom stereocenters. The number of rotatable bonds is 2. The molecule has 1 aliphatic rings. The fourth-order valence-electron chi connectivity index (χ4n) is 1.90. The van der Waals surface area contributed by atoms with Crippen molar-refractivity contribution in [2.45, 2.75) is 5.37 Å². The molecule has 19 heavy (non-hydrogen) atoms. The summed E-state index contributed by atoms with van der Waals surface area (Å²) in [6.07, 6.45) is 1.12. The van der Waals surface area contributed by atoms with Crippen LogP contribution in [-0.4, -0.2) is 53.9 Å². The fourth-order valence-corrected chi connectivity index (χ4v) is 4.71. The van der Waals surface area contributed by atoms with Crippen LogP contribution in [0.25, 0.3) is 0 Å². The molecule has 1 aliphatic heterocycles. The SMILES string of the molecule is CS(=O)(=O)C1CSCCN1C(=O)c1cccc(=O)[nH]1. The third-order valence-corrected chi connectivity index (χ3v) is 5.48. The summed E-state index contributed by atoms with van der Waals surface area (Å²) >= 11 is 1.50. The molecule has 0 radical (unpaired) electrons. The fraction of sp³-hybridized carbons (Fsp3) is 0.455. The Kier molecular flexibility index (Phi) is 4.00. The number of pyridine rings is 1. The first-order chi connectivity index (χ1) is 8.89. The predicted molar refractivity (Wildman–Crippen MR) is 74.1 cm³/mol. The van der Waals surface area contributed by atoms with Gasteiger partial charge in [0, 0.05) is 30.4 Å². The van der Waals surface area contributed by atoms with Crippen molar-refractivity contribution in [2.24, 2.45) is 0 Å². The molecule has 1 atom stereocenters. The second kappa shape index (κ2) is 5.38. The molecule has 0 spiro atoms. The topological polar surface area (TPSA) is 87.3 Å². The van der Waals surface area contributed by atoms with Gasteiger partial charge in [0.1, 0.15) is 11.1 Å². The minimum absolute atomic E-state index is 0.119. The molecule has 1 aromatic heterocycles. The molecular weight excluding hydrogens is 288 g/mol. The Morgan fingerprint density at radius 1 is 1.47 bits per heavy atom. The summed E-state index contributed by atoms with van der Waals surface area (Å²) in [5, 5.41) is -0.831. The average molecular weight is 302 g/mol. The number of thioether (sulfide) groups is 1. The molecule has 0 aromatic carbocycles. The quantitative estimate of drug-likeness (QED) is 0.826. The summed E-state index contributed by atoms with van der Waals surface area (Å²) in [7, 11) is -3.35. The number of nitrogens with one attached hydrogen (secondary N) is 1. The number of carbonyl (C=O) groups excluding carboxylic acids is 1. The van der Waals surface area contributed by atoms with Gasteiger partial charge < -0.3 is 9.88 Å². The van der Waals surface area contributed by atoms with Gasteiger partial charge >= 0.3 is 0 Å². The van der Waals surface area contributed by atoms with Gasteiger partial charge in [-0.1, -0.05) is 6.07 Å². The molecule has 6 nitrogen and oxygen atoms in total. The maximum atomic E-state index is 12.3. The first-order valence-electron chi connectivity index (χ1n) is 5.66. The van der Waals surface area contributed by atoms with Gasteiger partial charge in [0.25, 0.3) is 5.91 Å². The Labute approximate surface area is 115 Å². The standard InChI is InChI=1S/C11H14N2O4S2/c1-19(16,17)10-7-18-6-5-13(10)11(15)8-3-2-4-9(14)12-8/h2-4,10H,5-7H2,1H3,(H,12,14). The highest BCUT2D eigenvalue weighted by atomic mass is 32.2. The zero-order valence-electron chi connectivity index (χ0n) is 10.3. The summed E-state index contributed by atoms with van der Waals surface area (Å²) in [5.74, 6) is 0.602. The van der Waals surface area contributed by atoms with Crippen molar-refractivity contribution in [3.05, 3.63) is 34.2 Å². The molecule has 1 N–H and O–H groups in total. The van der Waals surface area contributed by atoms with E-state index in [-0.39, 0.29) is 11.3 Å². The van der Waals surface area contributed by atoms with Gasteiger partial charge in [-0.15, -0.1) is 0 Å². The zero-order chi connectivity index (χ0) is 14.0. The third kappa shape index (κ3) is 3.19. The zero-order valence-corrected chi connectivity index (χ0v) is 12.0. The lowest BCUT2D eigenvalue weighted by molar-refractivity contribution is 0.0743. The smallest absolute Gasteiger partial charge is 0.271 e. The van der Waals surface area contributed by atoms with E-state index in [0.717, 1.165) is 6.26 Å². The number of aromatic nitrogens is 1. The first-order valence-corrected chi connectivity index (χ1v) is 8.77. The van der Waals surface area contributed by atoms with Crippen LogP contribution in [0, 0.1) is 0 Å². The van der Waals surface area contributed by atoms with E-state index in [9.17, 15) is 18.0 Å². The van der Waals surface area contributed by atoms with Crippen LogP contribution in [0.15, 0.2) is 23.0 Å². The van der Waals surface area contributed by atoms with Gasteiger partial charge in [-0.3, -0.25) is 9.59 Å². The van der Waals surface area contributed by atoms with Crippen molar-refractivity contribution in [1.29, 1.82) is 0 Å². The Morgan fingerprint density at radius 3 is 2.84 bits per heavy atom. The third-order valence-electron chi connectivity index (χ3n) is 2.84. The van der Waals surface area contributed by atoms with E-state index < -0.39 is 21.1 Å². The molecule has 2 rings (SSSR count). The van der Waals surface area contributed by atoms with Crippen molar-refractivity contribution in [1.82, 2.24) is 9.88 Å². The molecule has 0 bridgehead atoms. The van der Waals surface area contributed by atoms with E-state index in [4.69, 9.17) is 0 Å². The van der Waals surface area contributed by atoms with Crippen LogP contribution in [0.1, 0.15) is 10.5 Å². The number of nitrogens with zero attached hydrogens (tertiary/aromatic N) is 1. The van der Waals surface area contributed by atoms with Gasteiger partial charge in [0.2, 0.25) is 5.56 Å². The average Bonchev–Trinajstić information content (AvgIpc) is 2.37. The first kappa shape index (κ1) is 14.1. The maximum Gasteiger partial charge on any atom is 0.271 e. The second-order valence-electron chi connectivity index (χ2n) is 4.29. The molecule has 0 saturated carbocycles. The van der Waals surface area contributed by atoms with E-state index in [1.807, 2.05) is 0 Å². The second-order valence-corrected chi connectivity index (χ2v) is 7.64. The highest BCUT2D eigenvalue weighted by Crippen LogP contribution is 2.21. The van der Waals surface area contributed by atoms with Crippen LogP contribution >= 0.6 is 11.8 Å². The number of aromatic amines is 1. The molecule has 104 valence electrons. The number of amides is 1. The van der Waals surface area contributed by atoms with Crippen molar-refractivity contribution >= 4 is 27.5 Å². The Morgan fingerprint density at radius 2 is 2.21 bits per heavy atom. The predicted octanol–water partition coefficient (Wildman–Crippen LogP) is -0.0654. The number of sulfone groups is 1. The van der Waals surface area contributed by atoms with Gasteiger partial charge in [0.15, 0.2) is 9.84 Å². The number of hydrogen-bond donors (Lipinski definition) is 1. The molecular formula is C11H14N2O4S2.